The summed E-state index contributed by atoms with van der Waals surface area (Å²) >= 11 is 0. The molecule has 0 aliphatic heterocycles. The van der Waals surface area contributed by atoms with E-state index in [1.807, 2.05) is 25.5 Å². The highest BCUT2D eigenvalue weighted by Crippen LogP contribution is 2.41. The molecule has 1 saturated carbocycles. The molecule has 4 nitrogen and oxygen atoms in total. The number of carbonyl (C=O) groups excluding carboxylic acids is 1. The van der Waals surface area contributed by atoms with Crippen LogP contribution in [0.2, 0.25) is 0 Å². The molecule has 1 aromatic carbocycles. The molecule has 2 aromatic rings. The molecule has 3 rings (SSSR count). The first-order chi connectivity index (χ1) is 11.6. The Balaban J connectivity index is 1.80. The van der Waals surface area contributed by atoms with E-state index < -0.39 is 17.6 Å². The van der Waals surface area contributed by atoms with Crippen molar-refractivity contribution in [2.75, 3.05) is 5.32 Å². The number of nitrogens with zero attached hydrogens (tertiary/aromatic N) is 2. The largest absolute Gasteiger partial charge is 0.416 e. The summed E-state index contributed by atoms with van der Waals surface area (Å²) in [5.74, 6) is 0.00371. The highest BCUT2D eigenvalue weighted by molar-refractivity contribution is 6.03. The predicted octanol–water partition coefficient (Wildman–Crippen LogP) is 4.79. The van der Waals surface area contributed by atoms with Crippen molar-refractivity contribution in [2.45, 2.75) is 51.2 Å². The molecule has 25 heavy (non-hydrogen) atoms. The minimum Gasteiger partial charge on any atom is -0.321 e. The van der Waals surface area contributed by atoms with Gasteiger partial charge in [0, 0.05) is 17.3 Å². The van der Waals surface area contributed by atoms with Crippen LogP contribution in [0.15, 0.2) is 30.3 Å². The van der Waals surface area contributed by atoms with Gasteiger partial charge < -0.3 is 5.32 Å². The summed E-state index contributed by atoms with van der Waals surface area (Å²) in [5, 5.41) is 7.03. The molecule has 1 fully saturated rings. The van der Waals surface area contributed by atoms with Crippen LogP contribution in [0.1, 0.15) is 61.3 Å². The average Bonchev–Trinajstić information content (AvgIpc) is 3.23. The van der Waals surface area contributed by atoms with Crippen LogP contribution < -0.4 is 5.32 Å². The van der Waals surface area contributed by atoms with Crippen LogP contribution >= 0.6 is 0 Å². The molecule has 1 heterocycles. The van der Waals surface area contributed by atoms with E-state index in [1.54, 1.807) is 6.07 Å². The standard InChI is InChI=1S/C18H20F3N3O/c1-17(2,3)24-15(11-4-5-11)10-14(23-24)16(25)22-13-8-6-12(7-9-13)18(19,20)21/h6-11H,4-5H2,1-3H3,(H,22,25). The van der Waals surface area contributed by atoms with E-state index in [2.05, 4.69) is 10.4 Å². The number of benzene rings is 1. The van der Waals surface area contributed by atoms with Crippen LogP contribution in [0.3, 0.4) is 0 Å². The topological polar surface area (TPSA) is 46.9 Å². The Hall–Kier alpha value is -2.31. The van der Waals surface area contributed by atoms with Crippen molar-refractivity contribution in [1.82, 2.24) is 9.78 Å². The molecule has 1 aromatic heterocycles. The Morgan fingerprint density at radius 1 is 1.16 bits per heavy atom. The normalized spacial score (nSPS) is 15.3. The lowest BCUT2D eigenvalue weighted by Crippen LogP contribution is -2.25. The fraction of sp³-hybridized carbons (Fsp3) is 0.444. The number of amides is 1. The maximum absolute atomic E-state index is 12.6. The van der Waals surface area contributed by atoms with Crippen LogP contribution in [0.5, 0.6) is 0 Å². The summed E-state index contributed by atoms with van der Waals surface area (Å²) in [6, 6.07) is 6.15. The Bertz CT molecular complexity index is 781. The van der Waals surface area contributed by atoms with E-state index in [0.717, 1.165) is 30.7 Å². The smallest absolute Gasteiger partial charge is 0.321 e. The average molecular weight is 351 g/mol. The second-order valence-electron chi connectivity index (χ2n) is 7.34. The van der Waals surface area contributed by atoms with Gasteiger partial charge in [-0.25, -0.2) is 0 Å². The number of carbonyl (C=O) groups is 1. The van der Waals surface area contributed by atoms with E-state index >= 15 is 0 Å². The number of hydrogen-bond acceptors (Lipinski definition) is 2. The number of nitrogens with one attached hydrogen (secondary N) is 1. The lowest BCUT2D eigenvalue weighted by molar-refractivity contribution is -0.137. The summed E-state index contributed by atoms with van der Waals surface area (Å²) in [6.45, 7) is 6.05. The van der Waals surface area contributed by atoms with Crippen molar-refractivity contribution in [1.29, 1.82) is 0 Å². The maximum atomic E-state index is 12.6. The summed E-state index contributed by atoms with van der Waals surface area (Å²) in [6.07, 6.45) is -2.23. The molecular formula is C18H20F3N3O. The van der Waals surface area contributed by atoms with Gasteiger partial charge >= 0.3 is 6.18 Å². The molecule has 1 aliphatic carbocycles. The molecule has 0 unspecified atom stereocenters. The van der Waals surface area contributed by atoms with Gasteiger partial charge in [-0.3, -0.25) is 9.48 Å². The van der Waals surface area contributed by atoms with Crippen LogP contribution in [-0.4, -0.2) is 15.7 Å². The molecule has 134 valence electrons. The zero-order valence-corrected chi connectivity index (χ0v) is 14.3. The first-order valence-electron chi connectivity index (χ1n) is 8.15. The van der Waals surface area contributed by atoms with Crippen LogP contribution in [0, 0.1) is 0 Å². The number of rotatable bonds is 3. The van der Waals surface area contributed by atoms with Crippen molar-refractivity contribution in [3.8, 4) is 0 Å². The molecule has 0 atom stereocenters. The third-order valence-electron chi connectivity index (χ3n) is 4.07. The van der Waals surface area contributed by atoms with Gasteiger partial charge in [-0.05, 0) is 63.9 Å². The molecule has 0 saturated heterocycles. The van der Waals surface area contributed by atoms with Crippen LogP contribution in [0.25, 0.3) is 0 Å². The van der Waals surface area contributed by atoms with Crippen molar-refractivity contribution >= 4 is 11.6 Å². The molecule has 0 radical (unpaired) electrons. The lowest BCUT2D eigenvalue weighted by atomic mass is 10.1. The van der Waals surface area contributed by atoms with Gasteiger partial charge in [-0.1, -0.05) is 0 Å². The zero-order chi connectivity index (χ0) is 18.4. The zero-order valence-electron chi connectivity index (χ0n) is 14.3. The number of alkyl halides is 3. The minimum absolute atomic E-state index is 0.245. The molecule has 1 aliphatic rings. The van der Waals surface area contributed by atoms with Crippen molar-refractivity contribution in [2.24, 2.45) is 0 Å². The second kappa shape index (κ2) is 5.89. The molecule has 0 spiro atoms. The number of anilines is 1. The molecule has 0 bridgehead atoms. The summed E-state index contributed by atoms with van der Waals surface area (Å²) in [5.41, 5.74) is 0.613. The highest BCUT2D eigenvalue weighted by Gasteiger charge is 2.33. The molecular weight excluding hydrogens is 331 g/mol. The molecule has 7 heteroatoms. The third-order valence-corrected chi connectivity index (χ3v) is 4.07. The van der Waals surface area contributed by atoms with E-state index in [1.165, 1.54) is 12.1 Å². The SMILES string of the molecule is CC(C)(C)n1nc(C(=O)Nc2ccc(C(F)(F)F)cc2)cc1C1CC1. The van der Waals surface area contributed by atoms with Crippen molar-refractivity contribution in [3.63, 3.8) is 0 Å². The second-order valence-corrected chi connectivity index (χ2v) is 7.34. The van der Waals surface area contributed by atoms with E-state index in [9.17, 15) is 18.0 Å². The maximum Gasteiger partial charge on any atom is 0.416 e. The predicted molar refractivity (Wildman–Crippen MR) is 88.6 cm³/mol. The third kappa shape index (κ3) is 3.86. The molecule has 1 amide bonds. The monoisotopic (exact) mass is 351 g/mol. The van der Waals surface area contributed by atoms with Crippen molar-refractivity contribution in [3.05, 3.63) is 47.3 Å². The quantitative estimate of drug-likeness (QED) is 0.864. The van der Waals surface area contributed by atoms with Gasteiger partial charge in [0.2, 0.25) is 0 Å². The highest BCUT2D eigenvalue weighted by atomic mass is 19.4. The number of hydrogen-bond donors (Lipinski definition) is 1. The fourth-order valence-electron chi connectivity index (χ4n) is 2.65. The summed E-state index contributed by atoms with van der Waals surface area (Å²) in [7, 11) is 0. The lowest BCUT2D eigenvalue weighted by Gasteiger charge is -2.22. The van der Waals surface area contributed by atoms with E-state index in [4.69, 9.17) is 0 Å². The van der Waals surface area contributed by atoms with Gasteiger partial charge in [0.05, 0.1) is 11.1 Å². The summed E-state index contributed by atoms with van der Waals surface area (Å²) < 4.78 is 39.6. The van der Waals surface area contributed by atoms with Crippen LogP contribution in [-0.2, 0) is 11.7 Å². The van der Waals surface area contributed by atoms with E-state index in [0.29, 0.717) is 11.6 Å². The van der Waals surface area contributed by atoms with Crippen LogP contribution in [0.4, 0.5) is 18.9 Å². The summed E-state index contributed by atoms with van der Waals surface area (Å²) in [4.78, 5) is 12.4. The number of aromatic nitrogens is 2. The first-order valence-corrected chi connectivity index (χ1v) is 8.15. The minimum atomic E-state index is -4.40. The fourth-order valence-corrected chi connectivity index (χ4v) is 2.65. The van der Waals surface area contributed by atoms with Gasteiger partial charge in [-0.15, -0.1) is 0 Å². The van der Waals surface area contributed by atoms with Gasteiger partial charge in [0.1, 0.15) is 0 Å². The van der Waals surface area contributed by atoms with Gasteiger partial charge in [-0.2, -0.15) is 18.3 Å². The Morgan fingerprint density at radius 3 is 2.24 bits per heavy atom. The van der Waals surface area contributed by atoms with Gasteiger partial charge in [0.25, 0.3) is 5.91 Å². The molecule has 1 N–H and O–H groups in total. The van der Waals surface area contributed by atoms with Gasteiger partial charge in [0.15, 0.2) is 5.69 Å². The van der Waals surface area contributed by atoms with Crippen molar-refractivity contribution < 1.29 is 18.0 Å². The Labute approximate surface area is 144 Å². The Morgan fingerprint density at radius 2 is 1.76 bits per heavy atom. The number of halogens is 3. The Kier molecular flexibility index (Phi) is 4.13. The first kappa shape index (κ1) is 17.5. The van der Waals surface area contributed by atoms with E-state index in [-0.39, 0.29) is 11.2 Å².